The minimum absolute atomic E-state index is 0.148. The van der Waals surface area contributed by atoms with Crippen LogP contribution in [0.3, 0.4) is 0 Å². The Morgan fingerprint density at radius 2 is 2.05 bits per heavy atom. The van der Waals surface area contributed by atoms with Gasteiger partial charge in [-0.1, -0.05) is 18.6 Å². The van der Waals surface area contributed by atoms with Gasteiger partial charge in [-0.2, -0.15) is 0 Å². The molecule has 20 heavy (non-hydrogen) atoms. The predicted molar refractivity (Wildman–Crippen MR) is 83.1 cm³/mol. The molecule has 3 nitrogen and oxygen atoms in total. The molecule has 1 saturated carbocycles. The van der Waals surface area contributed by atoms with Gasteiger partial charge < -0.3 is 5.32 Å². The fourth-order valence-corrected chi connectivity index (χ4v) is 4.75. The second-order valence-corrected chi connectivity index (χ2v) is 8.59. The smallest absolute Gasteiger partial charge is 0.150 e. The first-order chi connectivity index (χ1) is 9.54. The number of anilines is 1. The van der Waals surface area contributed by atoms with Crippen molar-refractivity contribution in [3.63, 3.8) is 0 Å². The Balaban J connectivity index is 1.82. The van der Waals surface area contributed by atoms with Gasteiger partial charge in [-0.25, -0.2) is 8.42 Å². The number of hydrogen-bond acceptors (Lipinski definition) is 3. The van der Waals surface area contributed by atoms with Crippen LogP contribution < -0.4 is 5.32 Å². The van der Waals surface area contributed by atoms with E-state index in [-0.39, 0.29) is 5.25 Å². The van der Waals surface area contributed by atoms with Gasteiger partial charge in [0.1, 0.15) is 9.84 Å². The second-order valence-electron chi connectivity index (χ2n) is 6.26. The first-order valence-corrected chi connectivity index (χ1v) is 9.55. The predicted octanol–water partition coefficient (Wildman–Crippen LogP) is 3.12. The van der Waals surface area contributed by atoms with E-state index < -0.39 is 9.84 Å². The van der Waals surface area contributed by atoms with Gasteiger partial charge in [-0.05, 0) is 55.2 Å². The summed E-state index contributed by atoms with van der Waals surface area (Å²) < 4.78 is 23.6. The Hall–Kier alpha value is -1.03. The van der Waals surface area contributed by atoms with Crippen molar-refractivity contribution in [1.29, 1.82) is 0 Å². The summed E-state index contributed by atoms with van der Waals surface area (Å²) >= 11 is 0. The lowest BCUT2D eigenvalue weighted by Gasteiger charge is -2.29. The number of nitrogens with one attached hydrogen (secondary N) is 1. The maximum absolute atomic E-state index is 11.8. The molecule has 1 fully saturated rings. The van der Waals surface area contributed by atoms with E-state index in [1.165, 1.54) is 29.5 Å². The van der Waals surface area contributed by atoms with Crippen molar-refractivity contribution in [2.75, 3.05) is 18.1 Å². The number of benzene rings is 1. The third-order valence-corrected chi connectivity index (χ3v) is 6.41. The number of hydrogen-bond donors (Lipinski definition) is 1. The highest BCUT2D eigenvalue weighted by molar-refractivity contribution is 7.91. The maximum atomic E-state index is 11.8. The molecule has 2 aliphatic rings. The zero-order valence-electron chi connectivity index (χ0n) is 12.1. The van der Waals surface area contributed by atoms with Crippen LogP contribution in [0.1, 0.15) is 49.1 Å². The Morgan fingerprint density at radius 1 is 1.20 bits per heavy atom. The highest BCUT2D eigenvalue weighted by Gasteiger charge is 2.29. The van der Waals surface area contributed by atoms with Gasteiger partial charge in [0.2, 0.25) is 0 Å². The molecule has 110 valence electrons. The average Bonchev–Trinajstić information content (AvgIpc) is 2.46. The van der Waals surface area contributed by atoms with Crippen molar-refractivity contribution in [3.8, 4) is 0 Å². The molecule has 0 amide bonds. The summed E-state index contributed by atoms with van der Waals surface area (Å²) in [6.45, 7) is 1.05. The van der Waals surface area contributed by atoms with Crippen LogP contribution in [0.25, 0.3) is 0 Å². The molecule has 0 radical (unpaired) electrons. The van der Waals surface area contributed by atoms with Crippen molar-refractivity contribution in [2.24, 2.45) is 0 Å². The Kier molecular flexibility index (Phi) is 3.76. The summed E-state index contributed by atoms with van der Waals surface area (Å²) in [7, 11) is -2.90. The largest absolute Gasteiger partial charge is 0.385 e. The van der Waals surface area contributed by atoms with Crippen molar-refractivity contribution in [2.45, 2.75) is 49.7 Å². The summed E-state index contributed by atoms with van der Waals surface area (Å²) in [6.07, 6.45) is 7.49. The molecule has 0 aromatic heterocycles. The molecule has 1 aliphatic carbocycles. The first kappa shape index (κ1) is 13.9. The van der Waals surface area contributed by atoms with Crippen LogP contribution >= 0.6 is 0 Å². The van der Waals surface area contributed by atoms with E-state index in [9.17, 15) is 8.42 Å². The molecule has 1 aliphatic heterocycles. The van der Waals surface area contributed by atoms with Crippen molar-refractivity contribution >= 4 is 15.5 Å². The number of sulfone groups is 1. The lowest BCUT2D eigenvalue weighted by molar-refractivity contribution is 0.436. The van der Waals surface area contributed by atoms with Gasteiger partial charge >= 0.3 is 0 Å². The molecule has 4 heteroatoms. The van der Waals surface area contributed by atoms with E-state index in [0.29, 0.717) is 5.92 Å². The lowest BCUT2D eigenvalue weighted by Crippen LogP contribution is -2.26. The summed E-state index contributed by atoms with van der Waals surface area (Å²) in [5.74, 6) is 0.400. The molecule has 1 heterocycles. The fraction of sp³-hybridized carbons (Fsp3) is 0.625. The van der Waals surface area contributed by atoms with Crippen LogP contribution in [0, 0.1) is 0 Å². The third kappa shape index (κ3) is 2.85. The average molecular weight is 293 g/mol. The monoisotopic (exact) mass is 293 g/mol. The zero-order chi connectivity index (χ0) is 14.2. The van der Waals surface area contributed by atoms with Crippen LogP contribution in [-0.2, 0) is 16.3 Å². The van der Waals surface area contributed by atoms with Crippen LogP contribution in [0.5, 0.6) is 0 Å². The molecular weight excluding hydrogens is 270 g/mol. The van der Waals surface area contributed by atoms with Crippen molar-refractivity contribution in [3.05, 3.63) is 29.3 Å². The van der Waals surface area contributed by atoms with Crippen LogP contribution in [-0.4, -0.2) is 26.5 Å². The van der Waals surface area contributed by atoms with E-state index in [2.05, 4.69) is 23.5 Å². The van der Waals surface area contributed by atoms with Gasteiger partial charge in [0.05, 0.1) is 5.25 Å². The lowest BCUT2D eigenvalue weighted by atomic mass is 9.83. The topological polar surface area (TPSA) is 46.2 Å². The number of aryl methyl sites for hydroxylation is 1. The normalized spacial score (nSPS) is 26.6. The van der Waals surface area contributed by atoms with E-state index >= 15 is 0 Å². The molecule has 0 bridgehead atoms. The van der Waals surface area contributed by atoms with E-state index in [1.54, 1.807) is 0 Å². The molecule has 1 N–H and O–H groups in total. The standard InChI is InChI=1S/C16H23NO2S/c1-20(18,19)15-6-2-4-13(10-15)14-8-7-12-5-3-9-17-16(12)11-14/h7-8,11,13,15,17H,2-6,9-10H2,1H3. The summed E-state index contributed by atoms with van der Waals surface area (Å²) in [6, 6.07) is 6.69. The van der Waals surface area contributed by atoms with Gasteiger partial charge in [-0.15, -0.1) is 0 Å². The number of fused-ring (bicyclic) bond motifs is 1. The van der Waals surface area contributed by atoms with E-state index in [0.717, 1.165) is 38.6 Å². The molecule has 0 saturated heterocycles. The molecule has 1 aromatic rings. The maximum Gasteiger partial charge on any atom is 0.150 e. The summed E-state index contributed by atoms with van der Waals surface area (Å²) in [5.41, 5.74) is 3.97. The van der Waals surface area contributed by atoms with E-state index in [4.69, 9.17) is 0 Å². The Labute approximate surface area is 121 Å². The van der Waals surface area contributed by atoms with Crippen LogP contribution in [0.2, 0.25) is 0 Å². The minimum Gasteiger partial charge on any atom is -0.385 e. The van der Waals surface area contributed by atoms with Gasteiger partial charge in [0.25, 0.3) is 0 Å². The van der Waals surface area contributed by atoms with E-state index in [1.807, 2.05) is 0 Å². The van der Waals surface area contributed by atoms with Gasteiger partial charge in [0.15, 0.2) is 0 Å². The van der Waals surface area contributed by atoms with Crippen molar-refractivity contribution in [1.82, 2.24) is 0 Å². The van der Waals surface area contributed by atoms with Gasteiger partial charge in [-0.3, -0.25) is 0 Å². The molecule has 1 aromatic carbocycles. The molecule has 2 atom stereocenters. The van der Waals surface area contributed by atoms with Crippen LogP contribution in [0.15, 0.2) is 18.2 Å². The Morgan fingerprint density at radius 3 is 2.85 bits per heavy atom. The highest BCUT2D eigenvalue weighted by Crippen LogP contribution is 2.37. The van der Waals surface area contributed by atoms with Crippen LogP contribution in [0.4, 0.5) is 5.69 Å². The van der Waals surface area contributed by atoms with Crippen molar-refractivity contribution < 1.29 is 8.42 Å². The summed E-state index contributed by atoms with van der Waals surface area (Å²) in [4.78, 5) is 0. The number of rotatable bonds is 2. The Bertz CT molecular complexity index is 594. The summed E-state index contributed by atoms with van der Waals surface area (Å²) in [5, 5.41) is 3.32. The molecule has 2 unspecified atom stereocenters. The minimum atomic E-state index is -2.90. The third-order valence-electron chi connectivity index (χ3n) is 4.78. The van der Waals surface area contributed by atoms with Gasteiger partial charge in [0, 0.05) is 18.5 Å². The molecule has 0 spiro atoms. The fourth-order valence-electron chi connectivity index (χ4n) is 3.57. The SMILES string of the molecule is CS(=O)(=O)C1CCCC(c2ccc3c(c2)NCCC3)C1. The highest BCUT2D eigenvalue weighted by atomic mass is 32.2. The molecule has 3 rings (SSSR count). The second kappa shape index (κ2) is 5.40. The first-order valence-electron chi connectivity index (χ1n) is 7.59. The zero-order valence-corrected chi connectivity index (χ0v) is 12.9. The molecular formula is C16H23NO2S. The quantitative estimate of drug-likeness (QED) is 0.911.